The van der Waals surface area contributed by atoms with Crippen LogP contribution >= 0.6 is 47.8 Å². The van der Waals surface area contributed by atoms with Gasteiger partial charge in [0.1, 0.15) is 11.6 Å². The summed E-state index contributed by atoms with van der Waals surface area (Å²) in [5, 5.41) is 27.9. The summed E-state index contributed by atoms with van der Waals surface area (Å²) in [6.45, 7) is 3.16. The van der Waals surface area contributed by atoms with Crippen LogP contribution in [0, 0.1) is 0 Å². The summed E-state index contributed by atoms with van der Waals surface area (Å²) >= 11 is 9.94. The Bertz CT molecular complexity index is 1200. The molecule has 0 aromatic heterocycles. The van der Waals surface area contributed by atoms with Crippen LogP contribution < -0.4 is 0 Å². The minimum Gasteiger partial charge on any atom is -0.396 e. The number of aliphatic hydroxyl groups is 3. The van der Waals surface area contributed by atoms with Crippen molar-refractivity contribution < 1.29 is 29.7 Å². The average molecular weight is 757 g/mol. The Labute approximate surface area is 267 Å². The monoisotopic (exact) mass is 754 g/mol. The number of halogens is 3. The predicted molar refractivity (Wildman–Crippen MR) is 173 cm³/mol. The van der Waals surface area contributed by atoms with Gasteiger partial charge in [-0.1, -0.05) is 84.2 Å². The number of rotatable bonds is 12. The molecule has 0 heterocycles. The fourth-order valence-corrected chi connectivity index (χ4v) is 4.19. The van der Waals surface area contributed by atoms with Gasteiger partial charge in [0, 0.05) is 44.9 Å². The van der Waals surface area contributed by atoms with E-state index in [1.54, 1.807) is 12.1 Å². The molecule has 0 unspecified atom stereocenters. The average Bonchev–Trinajstić information content (AvgIpc) is 2.95. The lowest BCUT2D eigenvalue weighted by Crippen LogP contribution is -2.01. The molecule has 0 bridgehead atoms. The van der Waals surface area contributed by atoms with Gasteiger partial charge < -0.3 is 24.9 Å². The van der Waals surface area contributed by atoms with Gasteiger partial charge in [-0.15, -0.1) is 0 Å². The second kappa shape index (κ2) is 20.8. The fourth-order valence-electron chi connectivity index (χ4n) is 3.40. The Kier molecular flexibility index (Phi) is 18.8. The molecule has 0 aliphatic carbocycles. The van der Waals surface area contributed by atoms with Crippen LogP contribution in [0.25, 0.3) is 0 Å². The quantitative estimate of drug-likeness (QED) is 0.161. The maximum absolute atomic E-state index is 11.5. The molecule has 3 rings (SSSR count). The summed E-state index contributed by atoms with van der Waals surface area (Å²) in [7, 11) is 0. The van der Waals surface area contributed by atoms with Gasteiger partial charge in [-0.3, -0.25) is 4.79 Å². The number of hydrogen-bond acceptors (Lipinski definition) is 6. The predicted octanol–water partition coefficient (Wildman–Crippen LogP) is 8.11. The third kappa shape index (κ3) is 16.9. The molecule has 0 spiro atoms. The molecule has 9 heteroatoms. The number of hydrogen-bond donors (Lipinski definition) is 3. The highest BCUT2D eigenvalue weighted by Crippen LogP contribution is 2.21. The van der Waals surface area contributed by atoms with Crippen molar-refractivity contribution in [2.45, 2.75) is 64.6 Å². The lowest BCUT2D eigenvalue weighted by atomic mass is 10.0. The Morgan fingerprint density at radius 1 is 0.610 bits per heavy atom. The molecule has 0 aliphatic heterocycles. The van der Waals surface area contributed by atoms with Gasteiger partial charge in [0.05, 0.1) is 12.2 Å². The minimum absolute atomic E-state index is 0.0210. The molecule has 3 N–H and O–H groups in total. The summed E-state index contributed by atoms with van der Waals surface area (Å²) in [5.74, 6) is 0.185. The summed E-state index contributed by atoms with van der Waals surface area (Å²) in [6.07, 6.45) is 1.81. The van der Waals surface area contributed by atoms with Crippen molar-refractivity contribution >= 4 is 65.1 Å². The van der Waals surface area contributed by atoms with Gasteiger partial charge in [-0.2, -0.15) is 0 Å². The topological polar surface area (TPSA) is 112 Å². The summed E-state index contributed by atoms with van der Waals surface area (Å²) < 4.78 is 2.94. The molecule has 222 valence electrons. The van der Waals surface area contributed by atoms with E-state index in [1.165, 1.54) is 13.8 Å². The first kappa shape index (κ1) is 37.0. The van der Waals surface area contributed by atoms with Crippen LogP contribution in [0.2, 0.25) is 0 Å². The zero-order valence-electron chi connectivity index (χ0n) is 23.2. The first-order chi connectivity index (χ1) is 19.4. The Morgan fingerprint density at radius 3 is 1.39 bits per heavy atom. The van der Waals surface area contributed by atoms with Crippen LogP contribution in [0.15, 0.2) is 86.2 Å². The van der Waals surface area contributed by atoms with E-state index in [-0.39, 0.29) is 24.0 Å². The van der Waals surface area contributed by atoms with Crippen LogP contribution in [0.3, 0.4) is 0 Å². The Balaban J connectivity index is 0.000000308. The molecule has 0 aliphatic rings. The van der Waals surface area contributed by atoms with Crippen LogP contribution in [-0.4, -0.2) is 39.3 Å². The zero-order chi connectivity index (χ0) is 30.8. The molecule has 0 radical (unpaired) electrons. The maximum atomic E-state index is 11.5. The first-order valence-electron chi connectivity index (χ1n) is 13.2. The zero-order valence-corrected chi connectivity index (χ0v) is 28.0. The van der Waals surface area contributed by atoms with Gasteiger partial charge in [0.25, 0.3) is 0 Å². The molecule has 6 nitrogen and oxygen atoms in total. The van der Waals surface area contributed by atoms with Gasteiger partial charge in [-0.25, -0.2) is 0 Å². The van der Waals surface area contributed by atoms with Gasteiger partial charge >= 0.3 is 0 Å². The molecule has 3 aromatic carbocycles. The maximum Gasteiger partial charge on any atom is 0.163 e. The summed E-state index contributed by atoms with van der Waals surface area (Å²) in [5.41, 5.74) is 2.42. The van der Waals surface area contributed by atoms with Gasteiger partial charge in [0.15, 0.2) is 5.78 Å². The second-order valence-electron chi connectivity index (χ2n) is 9.37. The van der Waals surface area contributed by atoms with E-state index in [4.69, 9.17) is 5.11 Å². The van der Waals surface area contributed by atoms with E-state index in [0.717, 1.165) is 24.5 Å². The van der Waals surface area contributed by atoms with Crippen molar-refractivity contribution in [2.24, 2.45) is 0 Å². The highest BCUT2D eigenvalue weighted by atomic mass is 79.9. The number of benzene rings is 3. The molecule has 0 saturated heterocycles. The standard InChI is InChI=1S/C11H13BrO2.C11H11BrO2.C10H13BrO2/c2*1-8(13)2-7-11(14)9-3-5-10(12)6-4-9;11-9-5-3-8(4-6-9)10(13)2-1-7-12/h3-6,11,14H,2,7H2,1H3;3-6H,2,7H2,1H3;3-6,10,12-13H,1-2,7H2/t11-;;10-/m1.1/s1. The van der Waals surface area contributed by atoms with Crippen molar-refractivity contribution in [3.63, 3.8) is 0 Å². The van der Waals surface area contributed by atoms with Crippen molar-refractivity contribution in [3.8, 4) is 0 Å². The minimum atomic E-state index is -0.535. The van der Waals surface area contributed by atoms with Gasteiger partial charge in [-0.05, 0) is 80.6 Å². The van der Waals surface area contributed by atoms with Crippen LogP contribution in [-0.2, 0) is 9.59 Å². The van der Waals surface area contributed by atoms with E-state index in [0.29, 0.717) is 44.1 Å². The van der Waals surface area contributed by atoms with E-state index < -0.39 is 12.2 Å². The Morgan fingerprint density at radius 2 is 1.00 bits per heavy atom. The third-order valence-electron chi connectivity index (χ3n) is 5.79. The largest absolute Gasteiger partial charge is 0.396 e. The lowest BCUT2D eigenvalue weighted by Gasteiger charge is -2.09. The molecule has 2 atom stereocenters. The highest BCUT2D eigenvalue weighted by molar-refractivity contribution is 9.11. The van der Waals surface area contributed by atoms with Crippen LogP contribution in [0.5, 0.6) is 0 Å². The summed E-state index contributed by atoms with van der Waals surface area (Å²) in [4.78, 5) is 32.9. The number of aliphatic hydroxyl groups excluding tert-OH is 3. The van der Waals surface area contributed by atoms with E-state index in [2.05, 4.69) is 47.8 Å². The number of Topliss-reactive ketones (excluding diaryl/α,β-unsaturated/α-hetero) is 3. The van der Waals surface area contributed by atoms with E-state index in [1.807, 2.05) is 60.7 Å². The van der Waals surface area contributed by atoms with Crippen LogP contribution in [0.4, 0.5) is 0 Å². The SMILES string of the molecule is CC(=O)CCC(=O)c1ccc(Br)cc1.CC(=O)CC[C@@H](O)c1ccc(Br)cc1.OCCC[C@@H](O)c1ccc(Br)cc1. The normalized spacial score (nSPS) is 11.7. The lowest BCUT2D eigenvalue weighted by molar-refractivity contribution is -0.118. The second-order valence-corrected chi connectivity index (χ2v) is 12.1. The first-order valence-corrected chi connectivity index (χ1v) is 15.6. The van der Waals surface area contributed by atoms with Gasteiger partial charge in [0.2, 0.25) is 0 Å². The molecule has 0 fully saturated rings. The smallest absolute Gasteiger partial charge is 0.163 e. The number of carbonyl (C=O) groups is 3. The molecular formula is C32H37Br3O6. The number of carbonyl (C=O) groups excluding carboxylic acids is 3. The van der Waals surface area contributed by atoms with E-state index >= 15 is 0 Å². The molecule has 0 amide bonds. The fraction of sp³-hybridized carbons (Fsp3) is 0.344. The molecular weight excluding hydrogens is 720 g/mol. The third-order valence-corrected chi connectivity index (χ3v) is 7.37. The Hall–Kier alpha value is -2.01. The molecule has 3 aromatic rings. The van der Waals surface area contributed by atoms with Crippen molar-refractivity contribution in [2.75, 3.05) is 6.61 Å². The highest BCUT2D eigenvalue weighted by Gasteiger charge is 2.08. The van der Waals surface area contributed by atoms with Crippen LogP contribution in [0.1, 0.15) is 86.1 Å². The van der Waals surface area contributed by atoms with Crippen molar-refractivity contribution in [3.05, 3.63) is 103 Å². The van der Waals surface area contributed by atoms with Crippen molar-refractivity contribution in [1.29, 1.82) is 0 Å². The van der Waals surface area contributed by atoms with E-state index in [9.17, 15) is 24.6 Å². The van der Waals surface area contributed by atoms with Crippen molar-refractivity contribution in [1.82, 2.24) is 0 Å². The summed E-state index contributed by atoms with van der Waals surface area (Å²) in [6, 6.07) is 22.2. The molecule has 0 saturated carbocycles. The number of ketones is 3. The molecule has 41 heavy (non-hydrogen) atoms.